The van der Waals surface area contributed by atoms with E-state index in [1.54, 1.807) is 0 Å². The molecular weight excluding hydrogens is 651 g/mol. The molecule has 2 radical (unpaired) electrons. The predicted octanol–water partition coefficient (Wildman–Crippen LogP) is 7.44. The normalized spacial score (nSPS) is 10.9. The zero-order valence-corrected chi connectivity index (χ0v) is 31.0. The van der Waals surface area contributed by atoms with Crippen LogP contribution in [0.1, 0.15) is 37.8 Å². The molecule has 52 heavy (non-hydrogen) atoms. The van der Waals surface area contributed by atoms with Crippen molar-refractivity contribution in [2.45, 2.75) is 31.9 Å². The van der Waals surface area contributed by atoms with Crippen molar-refractivity contribution >= 4 is 37.8 Å². The Hall–Kier alpha value is -5.59. The van der Waals surface area contributed by atoms with Crippen LogP contribution in [0, 0.1) is 0 Å². The molecule has 6 heteroatoms. The van der Waals surface area contributed by atoms with E-state index in [2.05, 4.69) is 187 Å². The van der Waals surface area contributed by atoms with Gasteiger partial charge in [-0.25, -0.2) is 4.98 Å². The second-order valence-corrected chi connectivity index (χ2v) is 14.1. The Morgan fingerprint density at radius 3 is 1.40 bits per heavy atom. The quantitative estimate of drug-likeness (QED) is 0.111. The van der Waals surface area contributed by atoms with Crippen molar-refractivity contribution in [1.82, 2.24) is 9.55 Å². The van der Waals surface area contributed by atoms with E-state index in [0.717, 1.165) is 35.5 Å². The summed E-state index contributed by atoms with van der Waals surface area (Å²) in [6.07, 6.45) is 7.75. The predicted molar refractivity (Wildman–Crippen MR) is 219 cm³/mol. The van der Waals surface area contributed by atoms with E-state index in [1.165, 1.54) is 21.6 Å². The summed E-state index contributed by atoms with van der Waals surface area (Å²) in [5.74, 6) is 1.77. The largest absolute Gasteiger partial charge is 0.494 e. The minimum atomic E-state index is -0.491. The fourth-order valence-corrected chi connectivity index (χ4v) is 8.08. The van der Waals surface area contributed by atoms with Gasteiger partial charge in [0.1, 0.15) is 21.0 Å². The van der Waals surface area contributed by atoms with E-state index in [9.17, 15) is 0 Å². The maximum atomic E-state index is 6.02. The van der Waals surface area contributed by atoms with Crippen molar-refractivity contribution in [2.24, 2.45) is 0 Å². The summed E-state index contributed by atoms with van der Waals surface area (Å²) in [4.78, 5) is 4.43. The number of hydrogen-bond acceptors (Lipinski definition) is 3. The van der Waals surface area contributed by atoms with Crippen LogP contribution in [0.5, 0.6) is 11.5 Å². The van der Waals surface area contributed by atoms with Crippen molar-refractivity contribution in [2.75, 3.05) is 13.2 Å². The second-order valence-electron chi connectivity index (χ2n) is 12.6. The summed E-state index contributed by atoms with van der Waals surface area (Å²) in [5, 5.41) is 0.778. The topological polar surface area (TPSA) is 36.3 Å². The lowest BCUT2D eigenvalue weighted by Crippen LogP contribution is -2.51. The molecule has 0 spiro atoms. The number of nitrogens with zero attached hydrogens (tertiary/aromatic N) is 2. The fourth-order valence-electron chi connectivity index (χ4n) is 6.44. The van der Waals surface area contributed by atoms with E-state index >= 15 is 0 Å². The molecule has 0 saturated carbocycles. The number of benzene rings is 6. The van der Waals surface area contributed by atoms with Crippen molar-refractivity contribution in [3.05, 3.63) is 200 Å². The summed E-state index contributed by atoms with van der Waals surface area (Å²) in [6, 6.07) is 59.6. The Kier molecular flexibility index (Phi) is 12.9. The molecule has 7 rings (SSSR count). The number of aromatic nitrogens is 2. The van der Waals surface area contributed by atoms with Crippen LogP contribution in [0.2, 0.25) is 0 Å². The first kappa shape index (κ1) is 36.2. The maximum absolute atomic E-state index is 6.02. The highest BCUT2D eigenvalue weighted by atomic mass is 28.2. The molecule has 0 aliphatic rings. The van der Waals surface area contributed by atoms with Gasteiger partial charge in [-0.2, -0.15) is 0 Å². The molecule has 0 aliphatic heterocycles. The summed E-state index contributed by atoms with van der Waals surface area (Å²) in [6.45, 7) is 5.95. The van der Waals surface area contributed by atoms with E-state index < -0.39 is 5.16 Å². The monoisotopic (exact) mass is 696 g/mol. The highest BCUT2D eigenvalue weighted by Gasteiger charge is 2.38. The molecule has 6 aromatic carbocycles. The Labute approximate surface area is 312 Å². The first-order chi connectivity index (χ1) is 25.7. The Bertz CT molecular complexity index is 1900. The molecule has 258 valence electrons. The molecular formula is C46H45BN2O2Si. The first-order valence-electron chi connectivity index (χ1n) is 18.1. The molecule has 0 saturated heterocycles. The molecule has 0 unspecified atom stereocenters. The van der Waals surface area contributed by atoms with Crippen LogP contribution in [-0.2, 0) is 5.16 Å². The van der Waals surface area contributed by atoms with Crippen LogP contribution in [-0.4, -0.2) is 39.0 Å². The van der Waals surface area contributed by atoms with Crippen molar-refractivity contribution < 1.29 is 9.47 Å². The minimum Gasteiger partial charge on any atom is -0.494 e. The number of hydrogen-bond donors (Lipinski definition) is 0. The van der Waals surface area contributed by atoms with Crippen LogP contribution < -0.4 is 31.0 Å². The standard InChI is InChI=1S/C28H30N2O2Si.C18H15B/c1-3-18-31-25-12-8-10-23(20-25)28(30-17-16-29-22-30,33-27-14-6-5-7-15-27)24-11-9-13-26(21-24)32-19-4-2;1-4-10-16(11-5-1)19(17-12-6-2-7-13-17)18-14-8-3-9-15-18/h5-17,20-22H,3-4,18-19H2,1-2H3;1-15H. The molecule has 1 heterocycles. The smallest absolute Gasteiger partial charge is 0.241 e. The zero-order chi connectivity index (χ0) is 35.9. The van der Waals surface area contributed by atoms with E-state index in [0.29, 0.717) is 29.4 Å². The van der Waals surface area contributed by atoms with Gasteiger partial charge in [0.2, 0.25) is 6.71 Å². The van der Waals surface area contributed by atoms with Crippen molar-refractivity contribution in [1.29, 1.82) is 0 Å². The Morgan fingerprint density at radius 1 is 0.558 bits per heavy atom. The number of rotatable bonds is 14. The molecule has 1 aromatic heterocycles. The van der Waals surface area contributed by atoms with Gasteiger partial charge in [0.05, 0.1) is 24.7 Å². The summed E-state index contributed by atoms with van der Waals surface area (Å²) in [7, 11) is 0.424. The Morgan fingerprint density at radius 2 is 1.00 bits per heavy atom. The van der Waals surface area contributed by atoms with Gasteiger partial charge in [0, 0.05) is 12.4 Å². The molecule has 4 nitrogen and oxygen atoms in total. The average Bonchev–Trinajstić information content (AvgIpc) is 3.76. The summed E-state index contributed by atoms with van der Waals surface area (Å²) < 4.78 is 14.3. The zero-order valence-electron chi connectivity index (χ0n) is 30.0. The van der Waals surface area contributed by atoms with Crippen LogP contribution in [0.25, 0.3) is 0 Å². The molecule has 0 N–H and O–H groups in total. The van der Waals surface area contributed by atoms with E-state index in [-0.39, 0.29) is 0 Å². The molecule has 0 aliphatic carbocycles. The number of ether oxygens (including phenoxy) is 2. The van der Waals surface area contributed by atoms with Crippen molar-refractivity contribution in [3.8, 4) is 11.5 Å². The number of imidazole rings is 1. The SMILES string of the molecule is CCCOc1cccc(C([Si]c2ccccc2)(c2cccc(OCCC)c2)n2ccnc2)c1.c1ccc(B(c2ccccc2)c2ccccc2)cc1. The highest BCUT2D eigenvalue weighted by molar-refractivity contribution is 6.95. The third-order valence-electron chi connectivity index (χ3n) is 8.84. The van der Waals surface area contributed by atoms with Crippen LogP contribution >= 0.6 is 0 Å². The maximum Gasteiger partial charge on any atom is 0.241 e. The third-order valence-corrected chi connectivity index (χ3v) is 10.7. The van der Waals surface area contributed by atoms with Crippen LogP contribution in [0.3, 0.4) is 0 Å². The van der Waals surface area contributed by atoms with Gasteiger partial charge in [-0.3, -0.25) is 0 Å². The lowest BCUT2D eigenvalue weighted by Gasteiger charge is -2.37. The second kappa shape index (κ2) is 18.6. The van der Waals surface area contributed by atoms with Gasteiger partial charge in [-0.05, 0) is 48.2 Å². The summed E-state index contributed by atoms with van der Waals surface area (Å²) in [5.41, 5.74) is 6.31. The highest BCUT2D eigenvalue weighted by Crippen LogP contribution is 2.36. The van der Waals surface area contributed by atoms with Gasteiger partial charge in [0.25, 0.3) is 0 Å². The van der Waals surface area contributed by atoms with Crippen molar-refractivity contribution in [3.63, 3.8) is 0 Å². The third kappa shape index (κ3) is 9.00. The van der Waals surface area contributed by atoms with Gasteiger partial charge in [-0.1, -0.05) is 181 Å². The minimum absolute atomic E-state index is 0.309. The lowest BCUT2D eigenvalue weighted by atomic mass is 9.37. The van der Waals surface area contributed by atoms with Crippen LogP contribution in [0.15, 0.2) is 189 Å². The summed E-state index contributed by atoms with van der Waals surface area (Å²) >= 11 is 0. The Balaban J connectivity index is 0.000000206. The average molecular weight is 697 g/mol. The fraction of sp³-hybridized carbons (Fsp3) is 0.152. The molecule has 0 bridgehead atoms. The van der Waals surface area contributed by atoms with E-state index in [4.69, 9.17) is 9.47 Å². The van der Waals surface area contributed by atoms with Crippen LogP contribution in [0.4, 0.5) is 0 Å². The molecule has 7 aromatic rings. The van der Waals surface area contributed by atoms with Gasteiger partial charge in [-0.15, -0.1) is 0 Å². The first-order valence-corrected chi connectivity index (χ1v) is 19.1. The lowest BCUT2D eigenvalue weighted by molar-refractivity contribution is 0.316. The van der Waals surface area contributed by atoms with E-state index in [1.807, 2.05) is 24.7 Å². The molecule has 0 fully saturated rings. The molecule has 0 atom stereocenters. The van der Waals surface area contributed by atoms with Gasteiger partial charge >= 0.3 is 0 Å². The van der Waals surface area contributed by atoms with Gasteiger partial charge in [0.15, 0.2) is 0 Å². The molecule has 0 amide bonds. The van der Waals surface area contributed by atoms with Gasteiger partial charge < -0.3 is 14.0 Å².